The maximum atomic E-state index is 12.9. The molecule has 0 radical (unpaired) electrons. The Morgan fingerprint density at radius 3 is 2.74 bits per heavy atom. The number of carbonyl (C=O) groups excluding carboxylic acids is 1. The molecule has 0 aromatic carbocycles. The summed E-state index contributed by atoms with van der Waals surface area (Å²) < 4.78 is 49.9. The van der Waals surface area contributed by atoms with E-state index < -0.39 is 30.0 Å². The predicted molar refractivity (Wildman–Crippen MR) is 100 cm³/mol. The molecular formula is C16H19ClF4N4OS. The van der Waals surface area contributed by atoms with Crippen molar-refractivity contribution < 1.29 is 22.4 Å². The molecule has 0 aliphatic heterocycles. The summed E-state index contributed by atoms with van der Waals surface area (Å²) in [7, 11) is 0. The van der Waals surface area contributed by atoms with Crippen LogP contribution < -0.4 is 0 Å². The molecule has 0 aliphatic carbocycles. The van der Waals surface area contributed by atoms with E-state index in [0.717, 1.165) is 0 Å². The first-order valence-corrected chi connectivity index (χ1v) is 9.43. The van der Waals surface area contributed by atoms with Crippen LogP contribution in [0.15, 0.2) is 29.5 Å². The van der Waals surface area contributed by atoms with Crippen molar-refractivity contribution in [3.05, 3.63) is 24.5 Å². The van der Waals surface area contributed by atoms with Crippen LogP contribution in [0.5, 0.6) is 0 Å². The van der Waals surface area contributed by atoms with Gasteiger partial charge >= 0.3 is 12.3 Å². The van der Waals surface area contributed by atoms with Crippen molar-refractivity contribution in [2.45, 2.75) is 31.7 Å². The highest BCUT2D eigenvalue weighted by molar-refractivity contribution is 7.99. The van der Waals surface area contributed by atoms with Crippen LogP contribution in [0.25, 0.3) is 0 Å². The standard InChI is InChI=1S/C16H19ClF4N4OS/c1-2-25(13(26)5-7-27-10-16(20,21)15(18)19)12(14(17)22)9-24-11-4-3-6-23-8-11/h3-4,6,8-9,12,15,22H,2,5,7,10H2,1H3. The van der Waals surface area contributed by atoms with Gasteiger partial charge in [0, 0.05) is 31.1 Å². The van der Waals surface area contributed by atoms with Crippen LogP contribution in [-0.2, 0) is 4.79 Å². The van der Waals surface area contributed by atoms with E-state index >= 15 is 0 Å². The molecule has 0 fully saturated rings. The molecule has 1 rings (SSSR count). The zero-order chi connectivity index (χ0) is 20.4. The summed E-state index contributed by atoms with van der Waals surface area (Å²) in [5.41, 5.74) is 0.508. The summed E-state index contributed by atoms with van der Waals surface area (Å²) in [4.78, 5) is 21.6. The fraction of sp³-hybridized carbons (Fsp3) is 0.500. The first kappa shape index (κ1) is 23.4. The number of thioether (sulfide) groups is 1. The second-order valence-electron chi connectivity index (χ2n) is 5.33. The number of nitrogens with one attached hydrogen (secondary N) is 1. The lowest BCUT2D eigenvalue weighted by Gasteiger charge is -2.27. The van der Waals surface area contributed by atoms with E-state index in [9.17, 15) is 22.4 Å². The third kappa shape index (κ3) is 7.84. The third-order valence-corrected chi connectivity index (χ3v) is 4.65. The lowest BCUT2D eigenvalue weighted by Crippen LogP contribution is -2.44. The van der Waals surface area contributed by atoms with Gasteiger partial charge in [0.1, 0.15) is 11.2 Å². The summed E-state index contributed by atoms with van der Waals surface area (Å²) in [5.74, 6) is -5.66. The number of alkyl halides is 4. The summed E-state index contributed by atoms with van der Waals surface area (Å²) in [6.45, 7) is 1.87. The first-order valence-electron chi connectivity index (χ1n) is 7.90. The Kier molecular flexibility index (Phi) is 9.71. The number of amides is 1. The van der Waals surface area contributed by atoms with Crippen LogP contribution in [0.4, 0.5) is 23.2 Å². The van der Waals surface area contributed by atoms with Gasteiger partial charge in [-0.25, -0.2) is 8.78 Å². The number of aliphatic imine (C=N–C) groups is 1. The Balaban J connectivity index is 2.67. The minimum Gasteiger partial charge on any atom is -0.328 e. The van der Waals surface area contributed by atoms with Crippen LogP contribution in [-0.4, -0.2) is 63.6 Å². The van der Waals surface area contributed by atoms with Crippen LogP contribution >= 0.6 is 23.4 Å². The van der Waals surface area contributed by atoms with Gasteiger partial charge in [0.15, 0.2) is 0 Å². The first-order chi connectivity index (χ1) is 12.7. The molecule has 1 atom stereocenters. The normalized spacial score (nSPS) is 13.1. The number of halogens is 5. The Bertz CT molecular complexity index is 649. The largest absolute Gasteiger partial charge is 0.328 e. The zero-order valence-electron chi connectivity index (χ0n) is 14.4. The van der Waals surface area contributed by atoms with Crippen LogP contribution in [0.1, 0.15) is 13.3 Å². The minimum atomic E-state index is -4.09. The van der Waals surface area contributed by atoms with Crippen molar-refractivity contribution in [1.82, 2.24) is 9.88 Å². The molecule has 27 heavy (non-hydrogen) atoms. The Hall–Kier alpha value is -1.68. The molecule has 1 aromatic rings. The lowest BCUT2D eigenvalue weighted by atomic mass is 10.2. The number of pyridine rings is 1. The Morgan fingerprint density at radius 2 is 2.22 bits per heavy atom. The molecule has 1 N–H and O–H groups in total. The number of hydrogen-bond acceptors (Lipinski definition) is 5. The monoisotopic (exact) mass is 426 g/mol. The number of hydrogen-bond donors (Lipinski definition) is 1. The maximum absolute atomic E-state index is 12.9. The average Bonchev–Trinajstić information content (AvgIpc) is 2.62. The lowest BCUT2D eigenvalue weighted by molar-refractivity contribution is -0.130. The number of carbonyl (C=O) groups is 1. The molecule has 0 bridgehead atoms. The molecule has 5 nitrogen and oxygen atoms in total. The van der Waals surface area contributed by atoms with Crippen molar-refractivity contribution >= 4 is 46.3 Å². The topological polar surface area (TPSA) is 69.4 Å². The second kappa shape index (κ2) is 11.2. The van der Waals surface area contributed by atoms with Crippen molar-refractivity contribution in [1.29, 1.82) is 5.41 Å². The molecular weight excluding hydrogens is 408 g/mol. The van der Waals surface area contributed by atoms with E-state index in [4.69, 9.17) is 17.0 Å². The van der Waals surface area contributed by atoms with E-state index in [1.54, 1.807) is 25.3 Å². The third-order valence-electron chi connectivity index (χ3n) is 3.34. The van der Waals surface area contributed by atoms with E-state index in [1.807, 2.05) is 0 Å². The Labute approximate surface area is 163 Å². The number of rotatable bonds is 11. The van der Waals surface area contributed by atoms with Crippen molar-refractivity contribution in [2.75, 3.05) is 18.1 Å². The van der Waals surface area contributed by atoms with Gasteiger partial charge in [-0.15, -0.1) is 0 Å². The predicted octanol–water partition coefficient (Wildman–Crippen LogP) is 4.24. The second-order valence-corrected chi connectivity index (χ2v) is 6.84. The highest BCUT2D eigenvalue weighted by Gasteiger charge is 2.40. The Morgan fingerprint density at radius 1 is 1.52 bits per heavy atom. The van der Waals surface area contributed by atoms with Gasteiger partial charge in [0.2, 0.25) is 5.91 Å². The van der Waals surface area contributed by atoms with Crippen LogP contribution in [0.2, 0.25) is 0 Å². The summed E-state index contributed by atoms with van der Waals surface area (Å²) in [6.07, 6.45) is 0.489. The van der Waals surface area contributed by atoms with E-state index in [-0.39, 0.29) is 23.9 Å². The molecule has 150 valence electrons. The minimum absolute atomic E-state index is 0.0558. The zero-order valence-corrected chi connectivity index (χ0v) is 16.0. The van der Waals surface area contributed by atoms with E-state index in [2.05, 4.69) is 9.98 Å². The van der Waals surface area contributed by atoms with E-state index in [0.29, 0.717) is 17.4 Å². The summed E-state index contributed by atoms with van der Waals surface area (Å²) >= 11 is 6.35. The van der Waals surface area contributed by atoms with Crippen molar-refractivity contribution in [2.24, 2.45) is 4.99 Å². The molecule has 0 spiro atoms. The summed E-state index contributed by atoms with van der Waals surface area (Å²) in [6, 6.07) is 2.43. The average molecular weight is 427 g/mol. The molecule has 0 aliphatic rings. The van der Waals surface area contributed by atoms with Gasteiger partial charge in [-0.05, 0) is 19.1 Å². The molecule has 1 aromatic heterocycles. The molecule has 1 amide bonds. The highest BCUT2D eigenvalue weighted by atomic mass is 35.5. The van der Waals surface area contributed by atoms with Crippen LogP contribution in [0.3, 0.4) is 0 Å². The van der Waals surface area contributed by atoms with Crippen LogP contribution in [0, 0.1) is 5.41 Å². The maximum Gasteiger partial charge on any atom is 0.316 e. The molecule has 1 heterocycles. The molecule has 0 saturated carbocycles. The van der Waals surface area contributed by atoms with Crippen molar-refractivity contribution in [3.8, 4) is 0 Å². The quantitative estimate of drug-likeness (QED) is 0.327. The number of nitrogens with zero attached hydrogens (tertiary/aromatic N) is 3. The van der Waals surface area contributed by atoms with Gasteiger partial charge in [-0.3, -0.25) is 20.2 Å². The molecule has 1 unspecified atom stereocenters. The number of aromatic nitrogens is 1. The van der Waals surface area contributed by atoms with Crippen molar-refractivity contribution in [3.63, 3.8) is 0 Å². The fourth-order valence-corrected chi connectivity index (χ4v) is 3.01. The fourth-order valence-electron chi connectivity index (χ4n) is 1.97. The van der Waals surface area contributed by atoms with Gasteiger partial charge in [0.05, 0.1) is 17.6 Å². The molecule has 0 saturated heterocycles. The van der Waals surface area contributed by atoms with Gasteiger partial charge < -0.3 is 4.90 Å². The highest BCUT2D eigenvalue weighted by Crippen LogP contribution is 2.27. The van der Waals surface area contributed by atoms with Gasteiger partial charge in [-0.2, -0.15) is 20.5 Å². The van der Waals surface area contributed by atoms with E-state index in [1.165, 1.54) is 17.3 Å². The summed E-state index contributed by atoms with van der Waals surface area (Å²) in [5, 5.41) is 7.33. The van der Waals surface area contributed by atoms with Gasteiger partial charge in [-0.1, -0.05) is 11.6 Å². The SMILES string of the molecule is CCN(C(=O)CCSCC(F)(F)C(F)F)C(C=Nc1cccnc1)C(=N)Cl. The molecule has 11 heteroatoms. The smallest absolute Gasteiger partial charge is 0.316 e. The van der Waals surface area contributed by atoms with Gasteiger partial charge in [0.25, 0.3) is 0 Å².